The minimum Gasteiger partial charge on any atom is -0.484 e. The van der Waals surface area contributed by atoms with E-state index in [2.05, 4.69) is 21.2 Å². The second-order valence-corrected chi connectivity index (χ2v) is 5.54. The molecule has 21 heavy (non-hydrogen) atoms. The molecule has 0 saturated carbocycles. The van der Waals surface area contributed by atoms with Crippen LogP contribution in [0.4, 0.5) is 0 Å². The Balaban J connectivity index is 1.97. The molecule has 0 aliphatic carbocycles. The zero-order valence-electron chi connectivity index (χ0n) is 11.9. The van der Waals surface area contributed by atoms with Crippen molar-refractivity contribution in [3.8, 4) is 5.75 Å². The summed E-state index contributed by atoms with van der Waals surface area (Å²) in [5.41, 5.74) is 0.591. The summed E-state index contributed by atoms with van der Waals surface area (Å²) in [7, 11) is 0. The number of halogens is 1. The maximum absolute atomic E-state index is 12.1. The fraction of sp³-hybridized carbons (Fsp3) is 0.235. The van der Waals surface area contributed by atoms with Crippen LogP contribution in [0, 0.1) is 0 Å². The zero-order chi connectivity index (χ0) is 15.1. The first kappa shape index (κ1) is 15.6. The number of hydrogen-bond acceptors (Lipinski definition) is 2. The van der Waals surface area contributed by atoms with Gasteiger partial charge in [-0.2, -0.15) is 0 Å². The molecule has 1 N–H and O–H groups in total. The topological polar surface area (TPSA) is 38.3 Å². The highest BCUT2D eigenvalue weighted by Crippen LogP contribution is 2.22. The first-order valence-corrected chi connectivity index (χ1v) is 7.86. The van der Waals surface area contributed by atoms with Crippen molar-refractivity contribution in [2.24, 2.45) is 0 Å². The van der Waals surface area contributed by atoms with Crippen molar-refractivity contribution in [3.63, 3.8) is 0 Å². The summed E-state index contributed by atoms with van der Waals surface area (Å²) in [5.74, 6) is 0.539. The number of benzene rings is 2. The minimum absolute atomic E-state index is 0.000559. The summed E-state index contributed by atoms with van der Waals surface area (Å²) in [6.45, 7) is 1.98. The molecule has 0 aliphatic rings. The molecule has 2 rings (SSSR count). The predicted molar refractivity (Wildman–Crippen MR) is 87.7 cm³/mol. The van der Waals surface area contributed by atoms with Gasteiger partial charge in [-0.05, 0) is 24.6 Å². The maximum atomic E-state index is 12.1. The normalized spacial score (nSPS) is 13.2. The van der Waals surface area contributed by atoms with E-state index in [1.165, 1.54) is 0 Å². The summed E-state index contributed by atoms with van der Waals surface area (Å²) in [4.78, 5) is 12.1. The van der Waals surface area contributed by atoms with Gasteiger partial charge < -0.3 is 10.1 Å². The van der Waals surface area contributed by atoms with Gasteiger partial charge in [0.25, 0.3) is 5.91 Å². The Morgan fingerprint density at radius 2 is 1.67 bits per heavy atom. The monoisotopic (exact) mass is 347 g/mol. The lowest BCUT2D eigenvalue weighted by atomic mass is 9.94. The first-order chi connectivity index (χ1) is 10.1. The average Bonchev–Trinajstić information content (AvgIpc) is 2.54. The van der Waals surface area contributed by atoms with Crippen molar-refractivity contribution < 1.29 is 9.53 Å². The van der Waals surface area contributed by atoms with E-state index in [1.807, 2.05) is 67.6 Å². The molecule has 4 heteroatoms. The molecule has 0 spiro atoms. The van der Waals surface area contributed by atoms with Crippen molar-refractivity contribution in [3.05, 3.63) is 66.2 Å². The van der Waals surface area contributed by atoms with Crippen molar-refractivity contribution in [2.45, 2.75) is 12.5 Å². The predicted octanol–water partition coefficient (Wildman–Crippen LogP) is 3.49. The number of carbonyl (C=O) groups excluding carboxylic acids is 1. The molecule has 0 saturated heterocycles. The van der Waals surface area contributed by atoms with Gasteiger partial charge in [0.1, 0.15) is 5.75 Å². The molecule has 1 unspecified atom stereocenters. The van der Waals surface area contributed by atoms with Gasteiger partial charge in [0.2, 0.25) is 0 Å². The SMILES string of the molecule is CC(CBr)(NC(=O)COc1ccccc1)c1ccccc1. The Morgan fingerprint density at radius 1 is 1.10 bits per heavy atom. The van der Waals surface area contributed by atoms with E-state index in [-0.39, 0.29) is 12.5 Å². The molecule has 0 bridgehead atoms. The van der Waals surface area contributed by atoms with Crippen LogP contribution in [0.15, 0.2) is 60.7 Å². The molecule has 0 fully saturated rings. The second-order valence-electron chi connectivity index (χ2n) is 4.98. The Morgan fingerprint density at radius 3 is 2.24 bits per heavy atom. The summed E-state index contributed by atoms with van der Waals surface area (Å²) >= 11 is 3.48. The van der Waals surface area contributed by atoms with Crippen LogP contribution in [-0.2, 0) is 10.3 Å². The molecule has 1 amide bonds. The van der Waals surface area contributed by atoms with Crippen LogP contribution in [0.5, 0.6) is 5.75 Å². The van der Waals surface area contributed by atoms with Crippen LogP contribution in [0.3, 0.4) is 0 Å². The van der Waals surface area contributed by atoms with Gasteiger partial charge in [-0.15, -0.1) is 0 Å². The fourth-order valence-electron chi connectivity index (χ4n) is 2.00. The lowest BCUT2D eigenvalue weighted by Crippen LogP contribution is -2.46. The molecular weight excluding hydrogens is 330 g/mol. The van der Waals surface area contributed by atoms with E-state index >= 15 is 0 Å². The number of amides is 1. The molecular formula is C17H18BrNO2. The number of rotatable bonds is 6. The lowest BCUT2D eigenvalue weighted by molar-refractivity contribution is -0.124. The van der Waals surface area contributed by atoms with Gasteiger partial charge in [-0.3, -0.25) is 4.79 Å². The number of carbonyl (C=O) groups is 1. The molecule has 0 radical (unpaired) electrons. The van der Waals surface area contributed by atoms with Gasteiger partial charge in [0, 0.05) is 5.33 Å². The van der Waals surface area contributed by atoms with E-state index in [4.69, 9.17) is 4.74 Å². The quantitative estimate of drug-likeness (QED) is 0.812. The lowest BCUT2D eigenvalue weighted by Gasteiger charge is -2.29. The third-order valence-corrected chi connectivity index (χ3v) is 4.33. The Bertz CT molecular complexity index is 574. The first-order valence-electron chi connectivity index (χ1n) is 6.74. The van der Waals surface area contributed by atoms with Crippen molar-refractivity contribution >= 4 is 21.8 Å². The van der Waals surface area contributed by atoms with Crippen LogP contribution in [0.2, 0.25) is 0 Å². The Labute approximate surface area is 133 Å². The molecule has 110 valence electrons. The van der Waals surface area contributed by atoms with Gasteiger partial charge in [-0.1, -0.05) is 64.5 Å². The van der Waals surface area contributed by atoms with Crippen LogP contribution < -0.4 is 10.1 Å². The number of alkyl halides is 1. The van der Waals surface area contributed by atoms with Gasteiger partial charge >= 0.3 is 0 Å². The molecule has 0 heterocycles. The Hall–Kier alpha value is -1.81. The molecule has 3 nitrogen and oxygen atoms in total. The van der Waals surface area contributed by atoms with Gasteiger partial charge in [-0.25, -0.2) is 0 Å². The highest BCUT2D eigenvalue weighted by atomic mass is 79.9. The number of ether oxygens (including phenoxy) is 1. The molecule has 2 aromatic carbocycles. The standard InChI is InChI=1S/C17H18BrNO2/c1-17(13-18,14-8-4-2-5-9-14)19-16(20)12-21-15-10-6-3-7-11-15/h2-11H,12-13H2,1H3,(H,19,20). The molecule has 2 aromatic rings. The largest absolute Gasteiger partial charge is 0.484 e. The number of hydrogen-bond donors (Lipinski definition) is 1. The number of nitrogens with one attached hydrogen (secondary N) is 1. The molecule has 1 atom stereocenters. The van der Waals surface area contributed by atoms with E-state index in [0.717, 1.165) is 5.56 Å². The van der Waals surface area contributed by atoms with Crippen LogP contribution in [0.25, 0.3) is 0 Å². The van der Waals surface area contributed by atoms with Crippen LogP contribution in [-0.4, -0.2) is 17.8 Å². The summed E-state index contributed by atoms with van der Waals surface area (Å²) in [5, 5.41) is 3.64. The van der Waals surface area contributed by atoms with E-state index < -0.39 is 5.54 Å². The van der Waals surface area contributed by atoms with Crippen LogP contribution >= 0.6 is 15.9 Å². The highest BCUT2D eigenvalue weighted by molar-refractivity contribution is 9.09. The van der Waals surface area contributed by atoms with E-state index in [1.54, 1.807) is 0 Å². The minimum atomic E-state index is -0.460. The number of para-hydroxylation sites is 1. The van der Waals surface area contributed by atoms with Crippen LogP contribution in [0.1, 0.15) is 12.5 Å². The van der Waals surface area contributed by atoms with Gasteiger partial charge in [0.15, 0.2) is 6.61 Å². The second kappa shape index (κ2) is 7.27. The van der Waals surface area contributed by atoms with E-state index in [9.17, 15) is 4.79 Å². The van der Waals surface area contributed by atoms with Crippen molar-refractivity contribution in [2.75, 3.05) is 11.9 Å². The van der Waals surface area contributed by atoms with Crippen molar-refractivity contribution in [1.29, 1.82) is 0 Å². The van der Waals surface area contributed by atoms with Gasteiger partial charge in [0.05, 0.1) is 5.54 Å². The third-order valence-electron chi connectivity index (χ3n) is 3.21. The summed E-state index contributed by atoms with van der Waals surface area (Å²) < 4.78 is 5.47. The smallest absolute Gasteiger partial charge is 0.258 e. The Kier molecular flexibility index (Phi) is 5.39. The third kappa shape index (κ3) is 4.33. The highest BCUT2D eigenvalue weighted by Gasteiger charge is 2.27. The maximum Gasteiger partial charge on any atom is 0.258 e. The summed E-state index contributed by atoms with van der Waals surface area (Å²) in [6.07, 6.45) is 0. The zero-order valence-corrected chi connectivity index (χ0v) is 13.5. The summed E-state index contributed by atoms with van der Waals surface area (Å²) in [6, 6.07) is 19.2. The van der Waals surface area contributed by atoms with E-state index in [0.29, 0.717) is 11.1 Å². The van der Waals surface area contributed by atoms with Crippen molar-refractivity contribution in [1.82, 2.24) is 5.32 Å². The fourth-order valence-corrected chi connectivity index (χ4v) is 2.46. The molecule has 0 aliphatic heterocycles. The molecule has 0 aromatic heterocycles. The average molecular weight is 348 g/mol.